The molecule has 0 atom stereocenters. The molecule has 4 rings (SSSR count). The minimum Gasteiger partial charge on any atom is -0.511 e. The maximum absolute atomic E-state index is 12.7. The zero-order chi connectivity index (χ0) is 22.7. The molecule has 0 fully saturated rings. The van der Waals surface area contributed by atoms with Gasteiger partial charge in [-0.25, -0.2) is 0 Å². The van der Waals surface area contributed by atoms with Crippen molar-refractivity contribution < 1.29 is 19.2 Å². The van der Waals surface area contributed by atoms with Gasteiger partial charge in [0.05, 0.1) is 16.8 Å². The summed E-state index contributed by atoms with van der Waals surface area (Å²) in [6, 6.07) is 10.1. The van der Waals surface area contributed by atoms with E-state index < -0.39 is 0 Å². The molecule has 0 amide bonds. The van der Waals surface area contributed by atoms with Crippen molar-refractivity contribution >= 4 is 17.3 Å². The maximum Gasteiger partial charge on any atom is 0.168 e. The molecule has 0 spiro atoms. The van der Waals surface area contributed by atoms with Crippen LogP contribution in [0.1, 0.15) is 73.3 Å². The summed E-state index contributed by atoms with van der Waals surface area (Å²) in [5.41, 5.74) is 3.22. The molecule has 0 aliphatic heterocycles. The first-order valence-corrected chi connectivity index (χ1v) is 11.4. The van der Waals surface area contributed by atoms with Crippen molar-refractivity contribution in [2.75, 3.05) is 6.54 Å². The summed E-state index contributed by atoms with van der Waals surface area (Å²) < 4.78 is 5.51. The number of carbonyl (C=O) groups is 2. The Bertz CT molecular complexity index is 1080. The second kappa shape index (κ2) is 9.23. The van der Waals surface area contributed by atoms with Crippen LogP contribution in [0, 0.1) is 5.41 Å². The predicted octanol–water partition coefficient (Wildman–Crippen LogP) is 5.01. The fourth-order valence-electron chi connectivity index (χ4n) is 4.63. The molecule has 0 unspecified atom stereocenters. The van der Waals surface area contributed by atoms with Crippen molar-refractivity contribution in [2.45, 2.75) is 65.2 Å². The molecular weight excluding hydrogens is 404 g/mol. The molecule has 1 N–H and O–H groups in total. The lowest BCUT2D eigenvalue weighted by molar-refractivity contribution is -0.115. The van der Waals surface area contributed by atoms with Crippen LogP contribution in [0.5, 0.6) is 0 Å². The normalized spacial score (nSPS) is 18.8. The number of hydrogen-bond donors (Lipinski definition) is 1. The van der Waals surface area contributed by atoms with E-state index >= 15 is 0 Å². The molecule has 0 saturated heterocycles. The summed E-state index contributed by atoms with van der Waals surface area (Å²) in [6.45, 7) is 4.63. The number of fused-ring (bicyclic) bond motifs is 1. The van der Waals surface area contributed by atoms with Crippen molar-refractivity contribution in [1.82, 2.24) is 5.16 Å². The van der Waals surface area contributed by atoms with Crippen LogP contribution in [0.15, 0.2) is 51.2 Å². The van der Waals surface area contributed by atoms with Crippen LogP contribution in [0.4, 0.5) is 0 Å². The number of hydrogen-bond acceptors (Lipinski definition) is 6. The molecule has 32 heavy (non-hydrogen) atoms. The summed E-state index contributed by atoms with van der Waals surface area (Å²) in [6.07, 6.45) is 4.34. The summed E-state index contributed by atoms with van der Waals surface area (Å²) in [5.74, 6) is 0.775. The van der Waals surface area contributed by atoms with Crippen molar-refractivity contribution in [2.24, 2.45) is 10.4 Å². The van der Waals surface area contributed by atoms with Gasteiger partial charge in [-0.3, -0.25) is 14.6 Å². The van der Waals surface area contributed by atoms with Gasteiger partial charge in [-0.15, -0.1) is 0 Å². The number of aryl methyl sites for hydroxylation is 1. The second-order valence-electron chi connectivity index (χ2n) is 9.53. The van der Waals surface area contributed by atoms with E-state index in [0.29, 0.717) is 79.8 Å². The number of aliphatic hydroxyl groups is 1. The van der Waals surface area contributed by atoms with Crippen LogP contribution in [0.25, 0.3) is 0 Å². The van der Waals surface area contributed by atoms with Crippen molar-refractivity contribution in [3.63, 3.8) is 0 Å². The summed E-state index contributed by atoms with van der Waals surface area (Å²) in [7, 11) is 0. The zero-order valence-electron chi connectivity index (χ0n) is 18.8. The van der Waals surface area contributed by atoms with Crippen molar-refractivity contribution in [3.8, 4) is 0 Å². The Hall–Kier alpha value is -3.02. The Labute approximate surface area is 188 Å². The number of allylic oxidation sites excluding steroid dienone is 2. The van der Waals surface area contributed by atoms with E-state index in [9.17, 15) is 14.7 Å². The lowest BCUT2D eigenvalue weighted by atomic mass is 9.76. The van der Waals surface area contributed by atoms with Gasteiger partial charge in [0.2, 0.25) is 0 Å². The highest BCUT2D eigenvalue weighted by molar-refractivity contribution is 6.23. The van der Waals surface area contributed by atoms with E-state index in [1.54, 1.807) is 0 Å². The van der Waals surface area contributed by atoms with Crippen LogP contribution in [0.2, 0.25) is 0 Å². The Morgan fingerprint density at radius 3 is 2.62 bits per heavy atom. The van der Waals surface area contributed by atoms with Crippen LogP contribution in [-0.2, 0) is 24.1 Å². The average Bonchev–Trinajstić information content (AvgIpc) is 3.14. The molecule has 168 valence electrons. The number of carbonyl (C=O) groups excluding carboxylic acids is 2. The molecule has 2 aliphatic carbocycles. The van der Waals surface area contributed by atoms with Gasteiger partial charge in [0, 0.05) is 37.9 Å². The quantitative estimate of drug-likeness (QED) is 0.618. The maximum atomic E-state index is 12.7. The van der Waals surface area contributed by atoms with Gasteiger partial charge in [-0.1, -0.05) is 49.3 Å². The Balaban J connectivity index is 1.55. The molecule has 2 aliphatic rings. The van der Waals surface area contributed by atoms with Crippen LogP contribution < -0.4 is 0 Å². The van der Waals surface area contributed by atoms with Gasteiger partial charge in [0.25, 0.3) is 0 Å². The molecule has 0 bridgehead atoms. The Kier molecular flexibility index (Phi) is 6.40. The molecule has 0 saturated carbocycles. The van der Waals surface area contributed by atoms with E-state index in [1.165, 1.54) is 5.56 Å². The van der Waals surface area contributed by atoms with E-state index in [0.717, 1.165) is 6.42 Å². The largest absolute Gasteiger partial charge is 0.511 e. The zero-order valence-corrected chi connectivity index (χ0v) is 18.8. The molecule has 1 aromatic heterocycles. The number of ketones is 2. The predicted molar refractivity (Wildman–Crippen MR) is 122 cm³/mol. The highest BCUT2D eigenvalue weighted by Crippen LogP contribution is 2.36. The highest BCUT2D eigenvalue weighted by atomic mass is 16.5. The van der Waals surface area contributed by atoms with E-state index in [4.69, 9.17) is 9.52 Å². The topological polar surface area (TPSA) is 92.8 Å². The number of benzene rings is 1. The highest BCUT2D eigenvalue weighted by Gasteiger charge is 2.36. The first kappa shape index (κ1) is 22.2. The molecule has 1 aromatic carbocycles. The first-order chi connectivity index (χ1) is 15.3. The lowest BCUT2D eigenvalue weighted by Crippen LogP contribution is -2.26. The SMILES string of the molecule is CC1(C)CC(=O)c2c(CCC(=NCCc3ccccc3)C3=C(O)CCCC3=O)noc2C1. The molecule has 2 aromatic rings. The fourth-order valence-corrected chi connectivity index (χ4v) is 4.63. The summed E-state index contributed by atoms with van der Waals surface area (Å²) in [5, 5.41) is 14.6. The first-order valence-electron chi connectivity index (χ1n) is 11.4. The third-order valence-electron chi connectivity index (χ3n) is 6.21. The number of aliphatic hydroxyl groups excluding tert-OH is 1. The van der Waals surface area contributed by atoms with E-state index in [1.807, 2.05) is 30.3 Å². The van der Waals surface area contributed by atoms with Gasteiger partial charge in [-0.2, -0.15) is 0 Å². The minimum atomic E-state index is -0.129. The monoisotopic (exact) mass is 434 g/mol. The lowest BCUT2D eigenvalue weighted by Gasteiger charge is -2.26. The van der Waals surface area contributed by atoms with Crippen LogP contribution in [0.3, 0.4) is 0 Å². The second-order valence-corrected chi connectivity index (χ2v) is 9.53. The van der Waals surface area contributed by atoms with Crippen LogP contribution in [-0.4, -0.2) is 34.1 Å². The third-order valence-corrected chi connectivity index (χ3v) is 6.21. The van der Waals surface area contributed by atoms with Gasteiger partial charge in [-0.05, 0) is 36.7 Å². The smallest absolute Gasteiger partial charge is 0.168 e. The van der Waals surface area contributed by atoms with E-state index in [2.05, 4.69) is 19.0 Å². The third kappa shape index (κ3) is 4.90. The number of Topliss-reactive ketones (excluding diaryl/α,β-unsaturated/α-hetero) is 2. The van der Waals surface area contributed by atoms with Gasteiger partial charge < -0.3 is 9.63 Å². The van der Waals surface area contributed by atoms with Gasteiger partial charge in [0.15, 0.2) is 11.6 Å². The molecule has 0 radical (unpaired) electrons. The number of aromatic nitrogens is 1. The fraction of sp³-hybridized carbons (Fsp3) is 0.462. The van der Waals surface area contributed by atoms with Crippen molar-refractivity contribution in [1.29, 1.82) is 0 Å². The number of aliphatic imine (C=N–C) groups is 1. The Morgan fingerprint density at radius 2 is 1.88 bits per heavy atom. The summed E-state index contributed by atoms with van der Waals surface area (Å²) >= 11 is 0. The molecule has 6 nitrogen and oxygen atoms in total. The molecule has 6 heteroatoms. The summed E-state index contributed by atoms with van der Waals surface area (Å²) in [4.78, 5) is 30.1. The van der Waals surface area contributed by atoms with Gasteiger partial charge in [0.1, 0.15) is 11.5 Å². The average molecular weight is 435 g/mol. The Morgan fingerprint density at radius 1 is 1.09 bits per heavy atom. The number of nitrogens with zero attached hydrogens (tertiary/aromatic N) is 2. The van der Waals surface area contributed by atoms with Crippen LogP contribution >= 0.6 is 0 Å². The molecule has 1 heterocycles. The number of rotatable bonds is 7. The van der Waals surface area contributed by atoms with E-state index in [-0.39, 0.29) is 22.7 Å². The molecular formula is C26H30N2O4. The van der Waals surface area contributed by atoms with Gasteiger partial charge >= 0.3 is 0 Å². The standard InChI is InChI=1S/C26H30N2O4/c1-26(2)15-22(31)25-19(28-32-23(25)16-26)12-11-18(24-20(29)9-6-10-21(24)30)27-14-13-17-7-4-3-5-8-17/h3-5,7-8,29H,6,9-16H2,1-2H3. The van der Waals surface area contributed by atoms with Crippen molar-refractivity contribution in [3.05, 3.63) is 64.2 Å². The minimum absolute atomic E-state index is 0.0610.